The van der Waals surface area contributed by atoms with Gasteiger partial charge in [0.05, 0.1) is 11.4 Å². The topological polar surface area (TPSA) is 84.8 Å². The fourth-order valence-corrected chi connectivity index (χ4v) is 3.76. The molecule has 4 aromatic rings. The van der Waals surface area contributed by atoms with E-state index in [0.717, 1.165) is 11.1 Å². The fraction of sp³-hybridized carbons (Fsp3) is 0.0800. The number of benzene rings is 3. The molecule has 0 bridgehead atoms. The lowest BCUT2D eigenvalue weighted by atomic mass is 10.0. The normalized spacial score (nSPS) is 10.5. The zero-order valence-corrected chi connectivity index (χ0v) is 18.2. The summed E-state index contributed by atoms with van der Waals surface area (Å²) in [5.74, 6) is -0.266. The molecule has 1 heterocycles. The van der Waals surface area contributed by atoms with E-state index in [2.05, 4.69) is 15.5 Å². The van der Waals surface area contributed by atoms with Gasteiger partial charge in [-0.15, -0.1) is 10.2 Å². The van der Waals surface area contributed by atoms with Gasteiger partial charge in [-0.1, -0.05) is 84.6 Å². The van der Waals surface area contributed by atoms with Crippen molar-refractivity contribution >= 4 is 29.1 Å². The molecule has 0 aliphatic heterocycles. The van der Waals surface area contributed by atoms with Gasteiger partial charge in [-0.3, -0.25) is 9.59 Å². The lowest BCUT2D eigenvalue weighted by Crippen LogP contribution is -2.16. The van der Waals surface area contributed by atoms with E-state index in [1.54, 1.807) is 24.3 Å². The summed E-state index contributed by atoms with van der Waals surface area (Å²) in [5.41, 5.74) is 4.19. The molecule has 4 rings (SSSR count). The fourth-order valence-electron chi connectivity index (χ4n) is 3.18. The number of para-hydroxylation sites is 1. The van der Waals surface area contributed by atoms with Crippen LogP contribution < -0.4 is 5.32 Å². The van der Waals surface area contributed by atoms with Crippen LogP contribution in [0.1, 0.15) is 17.3 Å². The van der Waals surface area contributed by atoms with Crippen molar-refractivity contribution in [2.45, 2.75) is 12.1 Å². The van der Waals surface area contributed by atoms with E-state index in [-0.39, 0.29) is 17.4 Å². The molecule has 1 aromatic heterocycles. The molecule has 1 amide bonds. The Morgan fingerprint density at radius 2 is 1.38 bits per heavy atom. The number of thioether (sulfide) groups is 1. The highest BCUT2D eigenvalue weighted by molar-refractivity contribution is 7.99. The number of nitrogens with zero attached hydrogens (tertiary/aromatic N) is 3. The highest BCUT2D eigenvalue weighted by atomic mass is 32.2. The molecule has 7 heteroatoms. The predicted molar refractivity (Wildman–Crippen MR) is 126 cm³/mol. The van der Waals surface area contributed by atoms with Crippen molar-refractivity contribution in [3.8, 4) is 22.5 Å². The number of amides is 1. The molecule has 0 spiro atoms. The first-order chi connectivity index (χ1) is 15.6. The Kier molecular flexibility index (Phi) is 6.67. The Bertz CT molecular complexity index is 1250. The van der Waals surface area contributed by atoms with Crippen molar-refractivity contribution in [3.63, 3.8) is 0 Å². The van der Waals surface area contributed by atoms with Crippen LogP contribution in [0.3, 0.4) is 0 Å². The predicted octanol–water partition coefficient (Wildman–Crippen LogP) is 5.14. The smallest absolute Gasteiger partial charge is 0.234 e. The van der Waals surface area contributed by atoms with Crippen LogP contribution in [-0.4, -0.2) is 32.6 Å². The van der Waals surface area contributed by atoms with E-state index in [9.17, 15) is 9.59 Å². The van der Waals surface area contributed by atoms with Gasteiger partial charge in [0.2, 0.25) is 11.1 Å². The summed E-state index contributed by atoms with van der Waals surface area (Å²) in [5, 5.41) is 11.8. The minimum Gasteiger partial charge on any atom is -0.325 e. The summed E-state index contributed by atoms with van der Waals surface area (Å²) in [6.07, 6.45) is 0. The molecule has 1 N–H and O–H groups in total. The van der Waals surface area contributed by atoms with Gasteiger partial charge < -0.3 is 5.32 Å². The van der Waals surface area contributed by atoms with Gasteiger partial charge in [-0.2, -0.15) is 0 Å². The first-order valence-corrected chi connectivity index (χ1v) is 11.0. The molecule has 0 unspecified atom stereocenters. The van der Waals surface area contributed by atoms with Gasteiger partial charge in [-0.05, 0) is 19.1 Å². The maximum Gasteiger partial charge on any atom is 0.234 e. The minimum absolute atomic E-state index is 0.0901. The van der Waals surface area contributed by atoms with Gasteiger partial charge in [0.25, 0.3) is 0 Å². The molecule has 3 aromatic carbocycles. The second-order valence-corrected chi connectivity index (χ2v) is 7.90. The highest BCUT2D eigenvalue weighted by Gasteiger charge is 2.15. The summed E-state index contributed by atoms with van der Waals surface area (Å²) in [7, 11) is 0. The second kappa shape index (κ2) is 9.98. The summed E-state index contributed by atoms with van der Waals surface area (Å²) < 4.78 is 0. The first kappa shape index (κ1) is 21.4. The Morgan fingerprint density at radius 3 is 2.03 bits per heavy atom. The number of nitrogens with one attached hydrogen (secondary N) is 1. The zero-order chi connectivity index (χ0) is 22.3. The quantitative estimate of drug-likeness (QED) is 0.316. The molecule has 0 fully saturated rings. The number of aromatic nitrogens is 3. The average molecular weight is 441 g/mol. The Balaban J connectivity index is 1.55. The van der Waals surface area contributed by atoms with Gasteiger partial charge in [-0.25, -0.2) is 4.98 Å². The molecule has 0 aliphatic carbocycles. The first-order valence-electron chi connectivity index (χ1n) is 10.00. The van der Waals surface area contributed by atoms with Crippen LogP contribution in [0.25, 0.3) is 22.5 Å². The van der Waals surface area contributed by atoms with E-state index in [1.807, 2.05) is 60.7 Å². The van der Waals surface area contributed by atoms with E-state index in [1.165, 1.54) is 18.7 Å². The molecular formula is C25H20N4O2S. The molecule has 0 saturated carbocycles. The zero-order valence-electron chi connectivity index (χ0n) is 17.4. The van der Waals surface area contributed by atoms with Crippen molar-refractivity contribution in [1.29, 1.82) is 0 Å². The van der Waals surface area contributed by atoms with Crippen molar-refractivity contribution in [1.82, 2.24) is 15.2 Å². The molecule has 0 saturated heterocycles. The lowest BCUT2D eigenvalue weighted by molar-refractivity contribution is -0.113. The summed E-state index contributed by atoms with van der Waals surface area (Å²) in [4.78, 5) is 28.9. The summed E-state index contributed by atoms with van der Waals surface area (Å²) >= 11 is 1.19. The third-order valence-corrected chi connectivity index (χ3v) is 5.51. The molecular weight excluding hydrogens is 420 g/mol. The third-order valence-electron chi connectivity index (χ3n) is 4.67. The Labute approximate surface area is 190 Å². The largest absolute Gasteiger partial charge is 0.325 e. The lowest BCUT2D eigenvalue weighted by Gasteiger charge is -2.10. The number of anilines is 1. The van der Waals surface area contributed by atoms with Crippen LogP contribution in [0.15, 0.2) is 90.1 Å². The van der Waals surface area contributed by atoms with Crippen LogP contribution in [0.4, 0.5) is 5.69 Å². The third kappa shape index (κ3) is 5.07. The number of ketones is 1. The highest BCUT2D eigenvalue weighted by Crippen LogP contribution is 2.29. The van der Waals surface area contributed by atoms with Crippen LogP contribution in [0.2, 0.25) is 0 Å². The maximum atomic E-state index is 12.5. The number of carbonyl (C=O) groups is 2. The molecule has 32 heavy (non-hydrogen) atoms. The van der Waals surface area contributed by atoms with Crippen LogP contribution in [0, 0.1) is 0 Å². The number of carbonyl (C=O) groups excluding carboxylic acids is 2. The van der Waals surface area contributed by atoms with Gasteiger partial charge in [0.1, 0.15) is 11.4 Å². The van der Waals surface area contributed by atoms with Crippen molar-refractivity contribution in [3.05, 3.63) is 90.5 Å². The van der Waals surface area contributed by atoms with E-state index < -0.39 is 0 Å². The average Bonchev–Trinajstić information content (AvgIpc) is 2.84. The Hall–Kier alpha value is -3.84. The van der Waals surface area contributed by atoms with Gasteiger partial charge >= 0.3 is 0 Å². The molecule has 0 aliphatic rings. The van der Waals surface area contributed by atoms with Crippen LogP contribution in [0.5, 0.6) is 0 Å². The standard InChI is InChI=1S/C25H20N4O2S/c1-17(30)20-14-8-9-15-21(20)26-22(31)16-32-25-27-23(18-10-4-2-5-11-18)24(28-29-25)19-12-6-3-7-13-19/h2-15H,16H2,1H3,(H,26,31). The monoisotopic (exact) mass is 440 g/mol. The van der Waals surface area contributed by atoms with Gasteiger partial charge in [0, 0.05) is 16.7 Å². The number of Topliss-reactive ketones (excluding diaryl/α,β-unsaturated/α-hetero) is 1. The van der Waals surface area contributed by atoms with E-state index in [0.29, 0.717) is 27.8 Å². The molecule has 158 valence electrons. The van der Waals surface area contributed by atoms with Crippen molar-refractivity contribution in [2.75, 3.05) is 11.1 Å². The second-order valence-electron chi connectivity index (χ2n) is 6.96. The molecule has 0 radical (unpaired) electrons. The number of rotatable bonds is 7. The SMILES string of the molecule is CC(=O)c1ccccc1NC(=O)CSc1nnc(-c2ccccc2)c(-c2ccccc2)n1. The number of hydrogen-bond donors (Lipinski definition) is 1. The molecule has 6 nitrogen and oxygen atoms in total. The van der Waals surface area contributed by atoms with Gasteiger partial charge in [0.15, 0.2) is 5.78 Å². The Morgan fingerprint density at radius 1 is 0.781 bits per heavy atom. The molecule has 0 atom stereocenters. The summed E-state index contributed by atoms with van der Waals surface area (Å²) in [6, 6.07) is 26.5. The number of hydrogen-bond acceptors (Lipinski definition) is 6. The summed E-state index contributed by atoms with van der Waals surface area (Å²) in [6.45, 7) is 1.47. The maximum absolute atomic E-state index is 12.5. The van der Waals surface area contributed by atoms with Crippen LogP contribution in [-0.2, 0) is 4.79 Å². The van der Waals surface area contributed by atoms with E-state index >= 15 is 0 Å². The minimum atomic E-state index is -0.249. The van der Waals surface area contributed by atoms with Crippen molar-refractivity contribution < 1.29 is 9.59 Å². The van der Waals surface area contributed by atoms with Crippen LogP contribution >= 0.6 is 11.8 Å². The van der Waals surface area contributed by atoms with Crippen molar-refractivity contribution in [2.24, 2.45) is 0 Å². The van der Waals surface area contributed by atoms with E-state index in [4.69, 9.17) is 4.98 Å².